The molecule has 0 aliphatic carbocycles. The zero-order valence-electron chi connectivity index (χ0n) is 24.8. The van der Waals surface area contributed by atoms with Crippen LogP contribution in [-0.4, -0.2) is 45.7 Å². The first-order valence-electron chi connectivity index (χ1n) is 14.8. The van der Waals surface area contributed by atoms with E-state index in [2.05, 4.69) is 58.0 Å². The molecule has 1 aliphatic heterocycles. The summed E-state index contributed by atoms with van der Waals surface area (Å²) in [6.45, 7) is 2.24. The number of nitrogens with one attached hydrogen (secondary N) is 2. The zero-order valence-corrected chi connectivity index (χ0v) is 24.8. The number of methoxy groups -OCH3 is 2. The first-order valence-corrected chi connectivity index (χ1v) is 14.8. The lowest BCUT2D eigenvalue weighted by atomic mass is 9.89. The van der Waals surface area contributed by atoms with Gasteiger partial charge in [-0.05, 0) is 73.1 Å². The van der Waals surface area contributed by atoms with E-state index in [1.54, 1.807) is 24.3 Å². The molecule has 2 N–H and O–H groups in total. The van der Waals surface area contributed by atoms with Crippen molar-refractivity contribution < 1.29 is 19.1 Å². The molecule has 0 saturated carbocycles. The van der Waals surface area contributed by atoms with Crippen LogP contribution >= 0.6 is 0 Å². The molecule has 0 atom stereocenters. The smallest absolute Gasteiger partial charge is 0.263 e. The van der Waals surface area contributed by atoms with E-state index < -0.39 is 0 Å². The van der Waals surface area contributed by atoms with Gasteiger partial charge in [0.05, 0.1) is 19.8 Å². The molecule has 0 unspecified atom stereocenters. The van der Waals surface area contributed by atoms with E-state index in [-0.39, 0.29) is 11.8 Å². The summed E-state index contributed by atoms with van der Waals surface area (Å²) in [4.78, 5) is 29.3. The number of piperidine rings is 1. The minimum Gasteiger partial charge on any atom is -0.496 e. The molecule has 7 heteroatoms. The van der Waals surface area contributed by atoms with Crippen molar-refractivity contribution in [2.24, 2.45) is 5.92 Å². The summed E-state index contributed by atoms with van der Waals surface area (Å²) in [7, 11) is 3.03. The number of hydrogen-bond acceptors (Lipinski definition) is 5. The van der Waals surface area contributed by atoms with Crippen molar-refractivity contribution in [2.75, 3.05) is 44.1 Å². The predicted molar refractivity (Wildman–Crippen MR) is 172 cm³/mol. The average Bonchev–Trinajstić information content (AvgIpc) is 3.05. The standard InChI is InChI=1S/C36H39N3O4/c1-42-32-14-9-15-33(43-2)34(32)36(41)38-29-16-17-31(30(25-29)35(40)37-21-18-26-10-5-3-6-11-26)39-22-19-28(20-23-39)24-27-12-7-4-8-13-27/h3-17,25,28H,18-24H2,1-2H3,(H,37,40)(H,38,41). The number of hydrogen-bond donors (Lipinski definition) is 2. The Bertz CT molecular complexity index is 1490. The first-order chi connectivity index (χ1) is 21.1. The summed E-state index contributed by atoms with van der Waals surface area (Å²) in [5, 5.41) is 6.05. The highest BCUT2D eigenvalue weighted by Gasteiger charge is 2.25. The number of anilines is 2. The Kier molecular flexibility index (Phi) is 9.95. The molecule has 5 rings (SSSR count). The second kappa shape index (κ2) is 14.4. The van der Waals surface area contributed by atoms with E-state index in [0.717, 1.165) is 50.0 Å². The summed E-state index contributed by atoms with van der Waals surface area (Å²) in [5.74, 6) is 0.884. The third kappa shape index (κ3) is 7.55. The fourth-order valence-electron chi connectivity index (χ4n) is 5.73. The maximum Gasteiger partial charge on any atom is 0.263 e. The number of rotatable bonds is 11. The average molecular weight is 578 g/mol. The molecule has 7 nitrogen and oxygen atoms in total. The van der Waals surface area contributed by atoms with Crippen LogP contribution in [0, 0.1) is 5.92 Å². The van der Waals surface area contributed by atoms with Gasteiger partial charge in [0.15, 0.2) is 0 Å². The zero-order chi connectivity index (χ0) is 30.0. The van der Waals surface area contributed by atoms with Crippen molar-refractivity contribution in [3.63, 3.8) is 0 Å². The maximum atomic E-state index is 13.6. The van der Waals surface area contributed by atoms with Gasteiger partial charge < -0.3 is 25.0 Å². The highest BCUT2D eigenvalue weighted by atomic mass is 16.5. The molecule has 1 aliphatic rings. The van der Waals surface area contributed by atoms with Gasteiger partial charge in [-0.15, -0.1) is 0 Å². The molecule has 0 radical (unpaired) electrons. The van der Waals surface area contributed by atoms with Crippen LogP contribution in [0.15, 0.2) is 97.1 Å². The molecular weight excluding hydrogens is 538 g/mol. The van der Waals surface area contributed by atoms with Crippen LogP contribution < -0.4 is 25.0 Å². The normalized spacial score (nSPS) is 13.3. The summed E-state index contributed by atoms with van der Waals surface area (Å²) in [6.07, 6.45) is 3.90. The molecule has 43 heavy (non-hydrogen) atoms. The van der Waals surface area contributed by atoms with Crippen molar-refractivity contribution in [3.8, 4) is 11.5 Å². The number of ether oxygens (including phenoxy) is 2. The van der Waals surface area contributed by atoms with E-state index >= 15 is 0 Å². The lowest BCUT2D eigenvalue weighted by Gasteiger charge is -2.35. The quantitative estimate of drug-likeness (QED) is 0.216. The van der Waals surface area contributed by atoms with Gasteiger partial charge in [0.25, 0.3) is 11.8 Å². The number of carbonyl (C=O) groups excluding carboxylic acids is 2. The largest absolute Gasteiger partial charge is 0.496 e. The predicted octanol–water partition coefficient (Wildman–Crippen LogP) is 6.39. The van der Waals surface area contributed by atoms with Crippen molar-refractivity contribution in [1.82, 2.24) is 5.32 Å². The van der Waals surface area contributed by atoms with Crippen LogP contribution in [0.2, 0.25) is 0 Å². The lowest BCUT2D eigenvalue weighted by molar-refractivity contribution is 0.0952. The third-order valence-corrected chi connectivity index (χ3v) is 8.02. The molecule has 1 heterocycles. The molecule has 0 aromatic heterocycles. The molecular formula is C36H39N3O4. The summed E-state index contributed by atoms with van der Waals surface area (Å²) < 4.78 is 10.8. The Morgan fingerprint density at radius 1 is 0.767 bits per heavy atom. The van der Waals surface area contributed by atoms with Gasteiger partial charge in [0.2, 0.25) is 0 Å². The fraction of sp³-hybridized carbons (Fsp3) is 0.278. The van der Waals surface area contributed by atoms with Gasteiger partial charge in [-0.25, -0.2) is 0 Å². The minimum atomic E-state index is -0.376. The number of carbonyl (C=O) groups is 2. The minimum absolute atomic E-state index is 0.164. The van der Waals surface area contributed by atoms with Gasteiger partial charge in [0, 0.05) is 31.0 Å². The molecule has 2 amide bonds. The van der Waals surface area contributed by atoms with Crippen LogP contribution in [-0.2, 0) is 12.8 Å². The maximum absolute atomic E-state index is 13.6. The van der Waals surface area contributed by atoms with Gasteiger partial charge in [-0.2, -0.15) is 0 Å². The SMILES string of the molecule is COc1cccc(OC)c1C(=O)Nc1ccc(N2CCC(Cc3ccccc3)CC2)c(C(=O)NCCc2ccccc2)c1. The molecule has 4 aromatic carbocycles. The Labute approximate surface area is 253 Å². The number of benzene rings is 4. The van der Waals surface area contributed by atoms with Gasteiger partial charge >= 0.3 is 0 Å². The Morgan fingerprint density at radius 2 is 1.40 bits per heavy atom. The summed E-state index contributed by atoms with van der Waals surface area (Å²) in [5.41, 5.74) is 4.77. The van der Waals surface area contributed by atoms with Gasteiger partial charge in [-0.1, -0.05) is 66.7 Å². The van der Waals surface area contributed by atoms with E-state index in [9.17, 15) is 9.59 Å². The van der Waals surface area contributed by atoms with Crippen LogP contribution in [0.25, 0.3) is 0 Å². The molecule has 0 bridgehead atoms. The third-order valence-electron chi connectivity index (χ3n) is 8.02. The van der Waals surface area contributed by atoms with E-state index in [0.29, 0.717) is 40.8 Å². The topological polar surface area (TPSA) is 79.9 Å². The van der Waals surface area contributed by atoms with Crippen LogP contribution in [0.4, 0.5) is 11.4 Å². The second-order valence-corrected chi connectivity index (χ2v) is 10.8. The van der Waals surface area contributed by atoms with Crippen LogP contribution in [0.5, 0.6) is 11.5 Å². The summed E-state index contributed by atoms with van der Waals surface area (Å²) in [6, 6.07) is 31.5. The monoisotopic (exact) mass is 577 g/mol. The molecule has 4 aromatic rings. The highest BCUT2D eigenvalue weighted by molar-refractivity contribution is 6.09. The van der Waals surface area contributed by atoms with E-state index in [4.69, 9.17) is 9.47 Å². The van der Waals surface area contributed by atoms with Gasteiger partial charge in [-0.3, -0.25) is 9.59 Å². The van der Waals surface area contributed by atoms with Crippen molar-refractivity contribution >= 4 is 23.2 Å². The Balaban J connectivity index is 1.34. The van der Waals surface area contributed by atoms with Crippen LogP contribution in [0.3, 0.4) is 0 Å². The summed E-state index contributed by atoms with van der Waals surface area (Å²) >= 11 is 0. The molecule has 1 saturated heterocycles. The molecule has 222 valence electrons. The van der Waals surface area contributed by atoms with Gasteiger partial charge in [0.1, 0.15) is 17.1 Å². The number of nitrogens with zero attached hydrogens (tertiary/aromatic N) is 1. The Hall–Kier alpha value is -4.78. The highest BCUT2D eigenvalue weighted by Crippen LogP contribution is 2.32. The second-order valence-electron chi connectivity index (χ2n) is 10.8. The Morgan fingerprint density at radius 3 is 2.02 bits per heavy atom. The fourth-order valence-corrected chi connectivity index (χ4v) is 5.73. The van der Waals surface area contributed by atoms with E-state index in [1.807, 2.05) is 30.3 Å². The lowest BCUT2D eigenvalue weighted by Crippen LogP contribution is -2.36. The molecule has 0 spiro atoms. The van der Waals surface area contributed by atoms with E-state index in [1.165, 1.54) is 19.8 Å². The first kappa shape index (κ1) is 29.7. The van der Waals surface area contributed by atoms with Crippen molar-refractivity contribution in [2.45, 2.75) is 25.7 Å². The van der Waals surface area contributed by atoms with Crippen molar-refractivity contribution in [1.29, 1.82) is 0 Å². The van der Waals surface area contributed by atoms with Crippen molar-refractivity contribution in [3.05, 3.63) is 119 Å². The van der Waals surface area contributed by atoms with Crippen LogP contribution in [0.1, 0.15) is 44.7 Å². The number of amides is 2. The molecule has 1 fully saturated rings.